The number of benzene rings is 1. The van der Waals surface area contributed by atoms with E-state index in [9.17, 15) is 4.79 Å². The van der Waals surface area contributed by atoms with Crippen LogP contribution in [0.3, 0.4) is 0 Å². The highest BCUT2D eigenvalue weighted by Crippen LogP contribution is 2.30. The van der Waals surface area contributed by atoms with E-state index in [0.29, 0.717) is 18.7 Å². The molecule has 1 aromatic carbocycles. The summed E-state index contributed by atoms with van der Waals surface area (Å²) in [5, 5.41) is 12.3. The van der Waals surface area contributed by atoms with Gasteiger partial charge in [-0.1, -0.05) is 21.1 Å². The molecule has 96 valence electrons. The van der Waals surface area contributed by atoms with E-state index in [1.165, 1.54) is 4.90 Å². The summed E-state index contributed by atoms with van der Waals surface area (Å²) in [6.07, 6.45) is 0.541. The highest BCUT2D eigenvalue weighted by molar-refractivity contribution is 9.10. The minimum absolute atomic E-state index is 0.0736. The van der Waals surface area contributed by atoms with E-state index in [0.717, 1.165) is 15.7 Å². The molecule has 5 nitrogen and oxygen atoms in total. The Morgan fingerprint density at radius 2 is 2.22 bits per heavy atom. The third-order valence-electron chi connectivity index (χ3n) is 2.87. The van der Waals surface area contributed by atoms with Crippen molar-refractivity contribution in [3.63, 3.8) is 0 Å². The lowest BCUT2D eigenvalue weighted by atomic mass is 10.00. The number of rotatable bonds is 0. The number of carbonyl (C=O) groups is 1. The van der Waals surface area contributed by atoms with Gasteiger partial charge in [0, 0.05) is 37.1 Å². The van der Waals surface area contributed by atoms with Crippen LogP contribution in [0, 0.1) is 0 Å². The summed E-state index contributed by atoms with van der Waals surface area (Å²) < 4.78 is 0.890. The number of nitrogens with zero attached hydrogens (tertiary/aromatic N) is 3. The second kappa shape index (κ2) is 4.97. The summed E-state index contributed by atoms with van der Waals surface area (Å²) >= 11 is 3.38. The molecule has 1 aliphatic rings. The van der Waals surface area contributed by atoms with Crippen LogP contribution in [-0.4, -0.2) is 42.5 Å². The molecule has 1 aliphatic heterocycles. The van der Waals surface area contributed by atoms with Gasteiger partial charge in [-0.3, -0.25) is 4.90 Å². The number of hydrogen-bond acceptors (Lipinski definition) is 3. The zero-order valence-electron chi connectivity index (χ0n) is 10.2. The van der Waals surface area contributed by atoms with Gasteiger partial charge in [-0.05, 0) is 18.2 Å². The van der Waals surface area contributed by atoms with E-state index in [4.69, 9.17) is 5.21 Å². The molecule has 0 aromatic heterocycles. The zero-order chi connectivity index (χ0) is 13.3. The highest BCUT2D eigenvalue weighted by Gasteiger charge is 2.27. The van der Waals surface area contributed by atoms with Gasteiger partial charge in [0.15, 0.2) is 0 Å². The molecular weight excluding hydrogens is 298 g/mol. The quantitative estimate of drug-likeness (QED) is 0.591. The molecule has 2 amide bonds. The van der Waals surface area contributed by atoms with Gasteiger partial charge in [0.2, 0.25) is 0 Å². The Morgan fingerprint density at radius 1 is 1.50 bits per heavy atom. The van der Waals surface area contributed by atoms with Gasteiger partial charge in [0.1, 0.15) is 0 Å². The van der Waals surface area contributed by atoms with Crippen molar-refractivity contribution >= 4 is 33.4 Å². The Morgan fingerprint density at radius 3 is 2.83 bits per heavy atom. The molecule has 0 bridgehead atoms. The molecule has 1 N–H and O–H groups in total. The molecular formula is C12H14BrN3O2. The summed E-state index contributed by atoms with van der Waals surface area (Å²) in [4.78, 5) is 15.3. The van der Waals surface area contributed by atoms with E-state index in [1.54, 1.807) is 19.0 Å². The van der Waals surface area contributed by atoms with E-state index < -0.39 is 0 Å². The first-order valence-electron chi connectivity index (χ1n) is 5.54. The Hall–Kier alpha value is -1.56. The Balaban J connectivity index is 2.50. The van der Waals surface area contributed by atoms with Gasteiger partial charge in [0.05, 0.1) is 11.4 Å². The number of urea groups is 1. The van der Waals surface area contributed by atoms with Gasteiger partial charge in [0.25, 0.3) is 0 Å². The fraction of sp³-hybridized carbons (Fsp3) is 0.333. The maximum Gasteiger partial charge on any atom is 0.323 e. The van der Waals surface area contributed by atoms with Crippen LogP contribution >= 0.6 is 15.9 Å². The first kappa shape index (κ1) is 12.9. The van der Waals surface area contributed by atoms with Crippen LogP contribution in [0.25, 0.3) is 0 Å². The first-order valence-corrected chi connectivity index (χ1v) is 6.33. The third-order valence-corrected chi connectivity index (χ3v) is 3.36. The lowest BCUT2D eigenvalue weighted by Crippen LogP contribution is -2.43. The lowest BCUT2D eigenvalue weighted by Gasteiger charge is -2.31. The van der Waals surface area contributed by atoms with Gasteiger partial charge in [-0.2, -0.15) is 0 Å². The molecule has 0 saturated carbocycles. The fourth-order valence-corrected chi connectivity index (χ4v) is 2.35. The summed E-state index contributed by atoms with van der Waals surface area (Å²) in [5.74, 6) is 0. The standard InChI is InChI=1S/C12H14BrN3O2/c1-15(2)12(17)16-6-5-10(14-18)9-7-8(13)3-4-11(9)16/h3-4,7,18H,5-6H2,1-2H3. The van der Waals surface area contributed by atoms with Gasteiger partial charge in [-0.25, -0.2) is 4.79 Å². The van der Waals surface area contributed by atoms with Crippen molar-refractivity contribution in [2.75, 3.05) is 25.5 Å². The van der Waals surface area contributed by atoms with Crippen molar-refractivity contribution in [1.29, 1.82) is 0 Å². The van der Waals surface area contributed by atoms with Crippen LogP contribution in [0.4, 0.5) is 10.5 Å². The van der Waals surface area contributed by atoms with E-state index >= 15 is 0 Å². The van der Waals surface area contributed by atoms with Gasteiger partial charge in [-0.15, -0.1) is 0 Å². The smallest absolute Gasteiger partial charge is 0.323 e. The molecule has 0 unspecified atom stereocenters. The third kappa shape index (κ3) is 2.20. The number of oxime groups is 1. The molecule has 2 rings (SSSR count). The van der Waals surface area contributed by atoms with Crippen LogP contribution in [0.2, 0.25) is 0 Å². The number of hydrogen-bond donors (Lipinski definition) is 1. The SMILES string of the molecule is CN(C)C(=O)N1CCC(=NO)c2cc(Br)ccc21. The van der Waals surface area contributed by atoms with Crippen LogP contribution < -0.4 is 4.90 Å². The highest BCUT2D eigenvalue weighted by atomic mass is 79.9. The zero-order valence-corrected chi connectivity index (χ0v) is 11.8. The number of amides is 2. The van der Waals surface area contributed by atoms with Crippen LogP contribution in [-0.2, 0) is 0 Å². The minimum atomic E-state index is -0.0736. The second-order valence-electron chi connectivity index (χ2n) is 4.29. The number of anilines is 1. The molecule has 0 atom stereocenters. The van der Waals surface area contributed by atoms with Gasteiger partial charge >= 0.3 is 6.03 Å². The minimum Gasteiger partial charge on any atom is -0.411 e. The predicted molar refractivity (Wildman–Crippen MR) is 73.5 cm³/mol. The van der Waals surface area contributed by atoms with E-state index in [-0.39, 0.29) is 6.03 Å². The average molecular weight is 312 g/mol. The number of carbonyl (C=O) groups excluding carboxylic acids is 1. The summed E-state index contributed by atoms with van der Waals surface area (Å²) in [6.45, 7) is 0.519. The average Bonchev–Trinajstić information content (AvgIpc) is 2.36. The predicted octanol–water partition coefficient (Wildman–Crippen LogP) is 2.52. The molecule has 0 aliphatic carbocycles. The Kier molecular flexibility index (Phi) is 3.56. The first-order chi connectivity index (χ1) is 8.54. The molecule has 0 spiro atoms. The molecule has 0 radical (unpaired) electrons. The second-order valence-corrected chi connectivity index (χ2v) is 5.20. The molecule has 1 heterocycles. The number of halogens is 1. The van der Waals surface area contributed by atoms with Crippen molar-refractivity contribution < 1.29 is 10.0 Å². The maximum absolute atomic E-state index is 12.1. The van der Waals surface area contributed by atoms with E-state index in [2.05, 4.69) is 21.1 Å². The van der Waals surface area contributed by atoms with Gasteiger partial charge < -0.3 is 10.1 Å². The molecule has 18 heavy (non-hydrogen) atoms. The maximum atomic E-state index is 12.1. The van der Waals surface area contributed by atoms with Crippen molar-refractivity contribution in [3.05, 3.63) is 28.2 Å². The Labute approximate surface area is 114 Å². The topological polar surface area (TPSA) is 56.1 Å². The normalized spacial score (nSPS) is 16.6. The fourth-order valence-electron chi connectivity index (χ4n) is 1.99. The van der Waals surface area contributed by atoms with Crippen molar-refractivity contribution in [2.45, 2.75) is 6.42 Å². The monoisotopic (exact) mass is 311 g/mol. The van der Waals surface area contributed by atoms with Crippen LogP contribution in [0.5, 0.6) is 0 Å². The largest absolute Gasteiger partial charge is 0.411 e. The van der Waals surface area contributed by atoms with Crippen molar-refractivity contribution in [1.82, 2.24) is 4.90 Å². The lowest BCUT2D eigenvalue weighted by molar-refractivity contribution is 0.224. The summed E-state index contributed by atoms with van der Waals surface area (Å²) in [5.41, 5.74) is 2.17. The van der Waals surface area contributed by atoms with Crippen molar-refractivity contribution in [3.8, 4) is 0 Å². The molecule has 0 fully saturated rings. The summed E-state index contributed by atoms with van der Waals surface area (Å²) in [6, 6.07) is 5.51. The van der Waals surface area contributed by atoms with E-state index in [1.807, 2.05) is 18.2 Å². The summed E-state index contributed by atoms with van der Waals surface area (Å²) in [7, 11) is 3.44. The molecule has 1 aromatic rings. The Bertz CT molecular complexity index is 514. The van der Waals surface area contributed by atoms with Crippen molar-refractivity contribution in [2.24, 2.45) is 5.16 Å². The number of fused-ring (bicyclic) bond motifs is 1. The molecule has 6 heteroatoms. The van der Waals surface area contributed by atoms with Crippen LogP contribution in [0.1, 0.15) is 12.0 Å². The van der Waals surface area contributed by atoms with Crippen LogP contribution in [0.15, 0.2) is 27.8 Å². The molecule has 0 saturated heterocycles.